The van der Waals surface area contributed by atoms with Gasteiger partial charge >= 0.3 is 5.97 Å². The van der Waals surface area contributed by atoms with E-state index in [-0.39, 0.29) is 18.3 Å². The van der Waals surface area contributed by atoms with E-state index in [1.54, 1.807) is 0 Å². The van der Waals surface area contributed by atoms with Crippen LogP contribution in [0.15, 0.2) is 24.3 Å². The maximum atomic E-state index is 10.9. The SMILES string of the molecule is C[C@@H]1c2ccccc2CN[C@H]1C(=O)O.Cl. The van der Waals surface area contributed by atoms with E-state index in [0.717, 1.165) is 5.56 Å². The van der Waals surface area contributed by atoms with Gasteiger partial charge in [0.15, 0.2) is 0 Å². The number of carboxylic acid groups (broad SMARTS) is 1. The molecule has 2 rings (SSSR count). The number of fused-ring (bicyclic) bond motifs is 1. The topological polar surface area (TPSA) is 49.3 Å². The molecule has 2 atom stereocenters. The first-order chi connectivity index (χ1) is 6.70. The van der Waals surface area contributed by atoms with Crippen LogP contribution in [-0.4, -0.2) is 17.1 Å². The highest BCUT2D eigenvalue weighted by molar-refractivity contribution is 5.85. The van der Waals surface area contributed by atoms with Crippen LogP contribution < -0.4 is 5.32 Å². The molecule has 1 aromatic rings. The van der Waals surface area contributed by atoms with Gasteiger partial charge < -0.3 is 5.11 Å². The molecule has 1 heterocycles. The van der Waals surface area contributed by atoms with Gasteiger partial charge in [0.2, 0.25) is 0 Å². The summed E-state index contributed by atoms with van der Waals surface area (Å²) in [7, 11) is 0. The van der Waals surface area contributed by atoms with Gasteiger partial charge in [0, 0.05) is 12.5 Å². The van der Waals surface area contributed by atoms with Gasteiger partial charge in [-0.1, -0.05) is 31.2 Å². The Bertz CT molecular complexity index is 367. The molecule has 0 saturated carbocycles. The molecule has 0 fully saturated rings. The minimum atomic E-state index is -0.771. The molecule has 0 amide bonds. The number of rotatable bonds is 1. The second kappa shape index (κ2) is 4.64. The second-order valence-corrected chi connectivity index (χ2v) is 3.68. The molecule has 0 spiro atoms. The lowest BCUT2D eigenvalue weighted by Crippen LogP contribution is -2.43. The summed E-state index contributed by atoms with van der Waals surface area (Å²) in [5.41, 5.74) is 2.36. The molecule has 0 aliphatic carbocycles. The Balaban J connectivity index is 0.00000112. The fourth-order valence-corrected chi connectivity index (χ4v) is 2.02. The molecular formula is C11H14ClNO2. The minimum absolute atomic E-state index is 0. The van der Waals surface area contributed by atoms with Crippen molar-refractivity contribution in [3.63, 3.8) is 0 Å². The molecule has 0 bridgehead atoms. The van der Waals surface area contributed by atoms with Gasteiger partial charge in [0.05, 0.1) is 0 Å². The first-order valence-electron chi connectivity index (χ1n) is 4.74. The number of hydrogen-bond donors (Lipinski definition) is 2. The molecule has 15 heavy (non-hydrogen) atoms. The average molecular weight is 228 g/mol. The van der Waals surface area contributed by atoms with Crippen molar-refractivity contribution in [2.75, 3.05) is 0 Å². The third-order valence-electron chi connectivity index (χ3n) is 2.82. The van der Waals surface area contributed by atoms with Crippen molar-refractivity contribution in [1.29, 1.82) is 0 Å². The van der Waals surface area contributed by atoms with E-state index < -0.39 is 12.0 Å². The lowest BCUT2D eigenvalue weighted by Gasteiger charge is -2.29. The smallest absolute Gasteiger partial charge is 0.321 e. The van der Waals surface area contributed by atoms with Crippen LogP contribution in [0.5, 0.6) is 0 Å². The van der Waals surface area contributed by atoms with Crippen LogP contribution in [0.25, 0.3) is 0 Å². The van der Waals surface area contributed by atoms with E-state index in [4.69, 9.17) is 5.11 Å². The van der Waals surface area contributed by atoms with Crippen LogP contribution in [0.3, 0.4) is 0 Å². The molecule has 1 aliphatic rings. The summed E-state index contributed by atoms with van der Waals surface area (Å²) in [6.45, 7) is 2.60. The normalized spacial score (nSPS) is 23.8. The fourth-order valence-electron chi connectivity index (χ4n) is 2.02. The predicted octanol–water partition coefficient (Wildman–Crippen LogP) is 1.77. The van der Waals surface area contributed by atoms with Gasteiger partial charge in [-0.05, 0) is 11.1 Å². The Morgan fingerprint density at radius 2 is 2.13 bits per heavy atom. The van der Waals surface area contributed by atoms with Crippen molar-refractivity contribution in [3.05, 3.63) is 35.4 Å². The molecule has 0 aromatic heterocycles. The van der Waals surface area contributed by atoms with Crippen LogP contribution >= 0.6 is 12.4 Å². The number of nitrogens with one attached hydrogen (secondary N) is 1. The molecule has 82 valence electrons. The van der Waals surface area contributed by atoms with Gasteiger partial charge in [-0.15, -0.1) is 12.4 Å². The Morgan fingerprint density at radius 3 is 2.80 bits per heavy atom. The van der Waals surface area contributed by atoms with Gasteiger partial charge in [-0.2, -0.15) is 0 Å². The second-order valence-electron chi connectivity index (χ2n) is 3.68. The van der Waals surface area contributed by atoms with Gasteiger partial charge in [0.25, 0.3) is 0 Å². The van der Waals surface area contributed by atoms with Crippen LogP contribution in [0.2, 0.25) is 0 Å². The first kappa shape index (κ1) is 12.0. The Labute approximate surface area is 94.9 Å². The quantitative estimate of drug-likeness (QED) is 0.769. The molecule has 2 N–H and O–H groups in total. The molecule has 0 saturated heterocycles. The number of hydrogen-bond acceptors (Lipinski definition) is 2. The molecule has 1 aromatic carbocycles. The van der Waals surface area contributed by atoms with E-state index >= 15 is 0 Å². The van der Waals surface area contributed by atoms with Gasteiger partial charge in [-0.3, -0.25) is 10.1 Å². The Hall–Kier alpha value is -1.06. The lowest BCUT2D eigenvalue weighted by atomic mass is 9.86. The summed E-state index contributed by atoms with van der Waals surface area (Å²) < 4.78 is 0. The van der Waals surface area contributed by atoms with E-state index in [9.17, 15) is 4.79 Å². The van der Waals surface area contributed by atoms with Crippen molar-refractivity contribution in [3.8, 4) is 0 Å². The molecule has 1 aliphatic heterocycles. The highest BCUT2D eigenvalue weighted by atomic mass is 35.5. The standard InChI is InChI=1S/C11H13NO2.ClH/c1-7-9-5-3-2-4-8(9)6-12-10(7)11(13)14;/h2-5,7,10,12H,6H2,1H3,(H,13,14);1H/t7-,10-;/m1./s1. The number of halogens is 1. The molecular weight excluding hydrogens is 214 g/mol. The average Bonchev–Trinajstić information content (AvgIpc) is 2.18. The minimum Gasteiger partial charge on any atom is -0.480 e. The maximum absolute atomic E-state index is 10.9. The van der Waals surface area contributed by atoms with Crippen molar-refractivity contribution < 1.29 is 9.90 Å². The predicted molar refractivity (Wildman–Crippen MR) is 60.4 cm³/mol. The van der Waals surface area contributed by atoms with Crippen LogP contribution in [0, 0.1) is 0 Å². The molecule has 3 nitrogen and oxygen atoms in total. The maximum Gasteiger partial charge on any atom is 0.321 e. The number of carbonyl (C=O) groups is 1. The van der Waals surface area contributed by atoms with E-state index in [1.165, 1.54) is 5.56 Å². The lowest BCUT2D eigenvalue weighted by molar-refractivity contribution is -0.140. The highest BCUT2D eigenvalue weighted by Crippen LogP contribution is 2.27. The van der Waals surface area contributed by atoms with E-state index in [0.29, 0.717) is 6.54 Å². The first-order valence-corrected chi connectivity index (χ1v) is 4.74. The zero-order valence-electron chi connectivity index (χ0n) is 8.43. The van der Waals surface area contributed by atoms with E-state index in [2.05, 4.69) is 5.32 Å². The van der Waals surface area contributed by atoms with E-state index in [1.807, 2.05) is 31.2 Å². The third kappa shape index (κ3) is 2.13. The summed E-state index contributed by atoms with van der Waals surface area (Å²) in [5.74, 6) is -0.732. The summed E-state index contributed by atoms with van der Waals surface area (Å²) in [6, 6.07) is 7.53. The van der Waals surface area contributed by atoms with Gasteiger partial charge in [-0.25, -0.2) is 0 Å². The van der Waals surface area contributed by atoms with Gasteiger partial charge in [0.1, 0.15) is 6.04 Å². The summed E-state index contributed by atoms with van der Waals surface area (Å²) in [5, 5.41) is 12.0. The van der Waals surface area contributed by atoms with Crippen LogP contribution in [0.4, 0.5) is 0 Å². The molecule has 4 heteroatoms. The summed E-state index contributed by atoms with van der Waals surface area (Å²) in [4.78, 5) is 10.9. The van der Waals surface area contributed by atoms with Crippen LogP contribution in [-0.2, 0) is 11.3 Å². The summed E-state index contributed by atoms with van der Waals surface area (Å²) in [6.07, 6.45) is 0. The van der Waals surface area contributed by atoms with Crippen molar-refractivity contribution in [1.82, 2.24) is 5.32 Å². The van der Waals surface area contributed by atoms with Crippen molar-refractivity contribution >= 4 is 18.4 Å². The zero-order chi connectivity index (χ0) is 10.1. The Kier molecular flexibility index (Phi) is 3.72. The monoisotopic (exact) mass is 227 g/mol. The largest absolute Gasteiger partial charge is 0.480 e. The fraction of sp³-hybridized carbons (Fsp3) is 0.364. The number of benzene rings is 1. The van der Waals surface area contributed by atoms with Crippen molar-refractivity contribution in [2.45, 2.75) is 25.4 Å². The number of aliphatic carboxylic acids is 1. The van der Waals surface area contributed by atoms with Crippen LogP contribution in [0.1, 0.15) is 24.0 Å². The zero-order valence-corrected chi connectivity index (χ0v) is 9.25. The molecule has 0 radical (unpaired) electrons. The Morgan fingerprint density at radius 1 is 1.47 bits per heavy atom. The highest BCUT2D eigenvalue weighted by Gasteiger charge is 2.30. The summed E-state index contributed by atoms with van der Waals surface area (Å²) >= 11 is 0. The van der Waals surface area contributed by atoms with Crippen molar-refractivity contribution in [2.24, 2.45) is 0 Å². The third-order valence-corrected chi connectivity index (χ3v) is 2.82. The molecule has 0 unspecified atom stereocenters. The number of carboxylic acids is 1.